The number of morpholine rings is 1. The van der Waals surface area contributed by atoms with Crippen LogP contribution in [0.15, 0.2) is 36.4 Å². The van der Waals surface area contributed by atoms with E-state index in [4.69, 9.17) is 32.7 Å². The second-order valence-electron chi connectivity index (χ2n) is 6.23. The van der Waals surface area contributed by atoms with Crippen LogP contribution in [0.2, 0.25) is 10.0 Å². The molecule has 0 saturated carbocycles. The van der Waals surface area contributed by atoms with E-state index in [1.54, 1.807) is 0 Å². The zero-order valence-electron chi connectivity index (χ0n) is 14.9. The normalized spacial score (nSPS) is 14.3. The molecule has 0 radical (unpaired) electrons. The van der Waals surface area contributed by atoms with Gasteiger partial charge in [-0.05, 0) is 42.3 Å². The number of ether oxygens (including phenoxy) is 2. The Morgan fingerprint density at radius 2 is 1.88 bits per heavy atom. The Bertz CT molecular complexity index is 734. The van der Waals surface area contributed by atoms with Gasteiger partial charge in [0.05, 0.1) is 35.6 Å². The fraction of sp³-hybridized carbons (Fsp3) is 0.400. The Morgan fingerprint density at radius 1 is 1.08 bits per heavy atom. The van der Waals surface area contributed by atoms with Gasteiger partial charge in [0.2, 0.25) is 0 Å². The van der Waals surface area contributed by atoms with E-state index in [9.17, 15) is 0 Å². The van der Waals surface area contributed by atoms with Crippen molar-refractivity contribution in [2.75, 3.05) is 43.1 Å². The van der Waals surface area contributed by atoms with Gasteiger partial charge in [-0.3, -0.25) is 0 Å². The summed E-state index contributed by atoms with van der Waals surface area (Å²) in [6.45, 7) is 6.65. The van der Waals surface area contributed by atoms with E-state index in [1.165, 1.54) is 0 Å². The Labute approximate surface area is 165 Å². The average Bonchev–Trinajstić information content (AvgIpc) is 2.66. The molecule has 0 aromatic heterocycles. The lowest BCUT2D eigenvalue weighted by Gasteiger charge is -2.29. The van der Waals surface area contributed by atoms with Crippen LogP contribution < -0.4 is 15.0 Å². The van der Waals surface area contributed by atoms with E-state index in [0.717, 1.165) is 60.4 Å². The fourth-order valence-corrected chi connectivity index (χ4v) is 3.42. The highest BCUT2D eigenvalue weighted by molar-refractivity contribution is 6.33. The number of nitrogens with one attached hydrogen (secondary N) is 1. The summed E-state index contributed by atoms with van der Waals surface area (Å²) in [6, 6.07) is 12.0. The molecule has 0 bridgehead atoms. The first-order valence-electron chi connectivity index (χ1n) is 8.94. The molecule has 1 aliphatic rings. The molecule has 6 heteroatoms. The molecule has 1 saturated heterocycles. The van der Waals surface area contributed by atoms with Gasteiger partial charge in [0.1, 0.15) is 5.75 Å². The number of benzene rings is 2. The van der Waals surface area contributed by atoms with Crippen molar-refractivity contribution in [2.45, 2.75) is 19.9 Å². The predicted octanol–water partition coefficient (Wildman–Crippen LogP) is 5.23. The third-order valence-electron chi connectivity index (χ3n) is 4.25. The quantitative estimate of drug-likeness (QED) is 0.696. The lowest BCUT2D eigenvalue weighted by Crippen LogP contribution is -2.36. The molecular formula is C20H24Cl2N2O2. The lowest BCUT2D eigenvalue weighted by atomic mass is 10.2. The highest BCUT2D eigenvalue weighted by atomic mass is 35.5. The second-order valence-corrected chi connectivity index (χ2v) is 7.05. The van der Waals surface area contributed by atoms with Gasteiger partial charge in [0, 0.05) is 25.3 Å². The maximum Gasteiger partial charge on any atom is 0.137 e. The molecule has 140 valence electrons. The van der Waals surface area contributed by atoms with Crippen LogP contribution >= 0.6 is 23.2 Å². The molecule has 0 spiro atoms. The van der Waals surface area contributed by atoms with Crippen LogP contribution in [0.25, 0.3) is 0 Å². The molecule has 0 amide bonds. The molecule has 1 heterocycles. The van der Waals surface area contributed by atoms with Crippen molar-refractivity contribution in [1.82, 2.24) is 0 Å². The molecule has 1 N–H and O–H groups in total. The summed E-state index contributed by atoms with van der Waals surface area (Å²) >= 11 is 12.8. The highest BCUT2D eigenvalue weighted by Gasteiger charge is 2.14. The van der Waals surface area contributed by atoms with Gasteiger partial charge in [-0.25, -0.2) is 0 Å². The predicted molar refractivity (Wildman–Crippen MR) is 109 cm³/mol. The SMILES string of the molecule is CCCOc1ccc(CNc2ccc(N3CCOCC3)c(Cl)c2)cc1Cl. The molecule has 0 aliphatic carbocycles. The third-order valence-corrected chi connectivity index (χ3v) is 4.85. The summed E-state index contributed by atoms with van der Waals surface area (Å²) in [4.78, 5) is 2.25. The highest BCUT2D eigenvalue weighted by Crippen LogP contribution is 2.30. The minimum absolute atomic E-state index is 0.637. The van der Waals surface area contributed by atoms with Crippen LogP contribution in [0.4, 0.5) is 11.4 Å². The van der Waals surface area contributed by atoms with E-state index in [0.29, 0.717) is 18.2 Å². The summed E-state index contributed by atoms with van der Waals surface area (Å²) in [5.74, 6) is 0.732. The van der Waals surface area contributed by atoms with E-state index in [1.807, 2.05) is 24.3 Å². The number of hydrogen-bond acceptors (Lipinski definition) is 4. The van der Waals surface area contributed by atoms with Crippen LogP contribution in [-0.2, 0) is 11.3 Å². The third kappa shape index (κ3) is 4.97. The Kier molecular flexibility index (Phi) is 6.89. The molecule has 0 unspecified atom stereocenters. The topological polar surface area (TPSA) is 33.7 Å². The summed E-state index contributed by atoms with van der Waals surface area (Å²) in [7, 11) is 0. The average molecular weight is 395 g/mol. The summed E-state index contributed by atoms with van der Waals surface area (Å²) in [6.07, 6.45) is 0.959. The van der Waals surface area contributed by atoms with Crippen LogP contribution in [-0.4, -0.2) is 32.9 Å². The van der Waals surface area contributed by atoms with Gasteiger partial charge in [0.15, 0.2) is 0 Å². The van der Waals surface area contributed by atoms with Gasteiger partial charge in [0.25, 0.3) is 0 Å². The molecule has 3 rings (SSSR count). The number of nitrogens with zero attached hydrogens (tertiary/aromatic N) is 1. The molecule has 26 heavy (non-hydrogen) atoms. The Morgan fingerprint density at radius 3 is 2.58 bits per heavy atom. The van der Waals surface area contributed by atoms with Crippen molar-refractivity contribution >= 4 is 34.6 Å². The number of hydrogen-bond donors (Lipinski definition) is 1. The standard InChI is InChI=1S/C20H24Cl2N2O2/c1-2-9-26-20-6-3-15(12-18(20)22)14-23-16-4-5-19(17(21)13-16)24-7-10-25-11-8-24/h3-6,12-13,23H,2,7-11,14H2,1H3. The molecular weight excluding hydrogens is 371 g/mol. The molecule has 0 atom stereocenters. The summed E-state index contributed by atoms with van der Waals surface area (Å²) in [5.41, 5.74) is 3.13. The molecule has 4 nitrogen and oxygen atoms in total. The summed E-state index contributed by atoms with van der Waals surface area (Å²) in [5, 5.41) is 4.78. The van der Waals surface area contributed by atoms with Crippen LogP contribution in [0, 0.1) is 0 Å². The Hall–Kier alpha value is -1.62. The molecule has 1 fully saturated rings. The first-order chi connectivity index (χ1) is 12.7. The molecule has 2 aromatic carbocycles. The van der Waals surface area contributed by atoms with Crippen molar-refractivity contribution in [3.05, 3.63) is 52.0 Å². The van der Waals surface area contributed by atoms with Crippen LogP contribution in [0.1, 0.15) is 18.9 Å². The maximum absolute atomic E-state index is 6.48. The number of halogens is 2. The molecule has 2 aromatic rings. The van der Waals surface area contributed by atoms with Crippen molar-refractivity contribution in [2.24, 2.45) is 0 Å². The van der Waals surface area contributed by atoms with E-state index in [-0.39, 0.29) is 0 Å². The van der Waals surface area contributed by atoms with Crippen molar-refractivity contribution in [3.8, 4) is 5.75 Å². The van der Waals surface area contributed by atoms with Gasteiger partial charge >= 0.3 is 0 Å². The monoisotopic (exact) mass is 394 g/mol. The van der Waals surface area contributed by atoms with E-state index >= 15 is 0 Å². The molecule has 1 aliphatic heterocycles. The zero-order valence-corrected chi connectivity index (χ0v) is 16.4. The Balaban J connectivity index is 1.61. The maximum atomic E-state index is 6.48. The summed E-state index contributed by atoms with van der Waals surface area (Å²) < 4.78 is 11.0. The lowest BCUT2D eigenvalue weighted by molar-refractivity contribution is 0.122. The first kappa shape index (κ1) is 19.2. The van der Waals surface area contributed by atoms with Crippen LogP contribution in [0.5, 0.6) is 5.75 Å². The smallest absolute Gasteiger partial charge is 0.137 e. The van der Waals surface area contributed by atoms with E-state index in [2.05, 4.69) is 29.3 Å². The van der Waals surface area contributed by atoms with Gasteiger partial charge in [-0.1, -0.05) is 36.2 Å². The van der Waals surface area contributed by atoms with Gasteiger partial charge in [-0.15, -0.1) is 0 Å². The van der Waals surface area contributed by atoms with Gasteiger partial charge in [-0.2, -0.15) is 0 Å². The van der Waals surface area contributed by atoms with Crippen molar-refractivity contribution in [3.63, 3.8) is 0 Å². The van der Waals surface area contributed by atoms with E-state index < -0.39 is 0 Å². The minimum Gasteiger partial charge on any atom is -0.492 e. The first-order valence-corrected chi connectivity index (χ1v) is 9.70. The second kappa shape index (κ2) is 9.36. The van der Waals surface area contributed by atoms with Crippen molar-refractivity contribution < 1.29 is 9.47 Å². The zero-order chi connectivity index (χ0) is 18.4. The number of rotatable bonds is 7. The van der Waals surface area contributed by atoms with Crippen molar-refractivity contribution in [1.29, 1.82) is 0 Å². The minimum atomic E-state index is 0.637. The van der Waals surface area contributed by atoms with Crippen LogP contribution in [0.3, 0.4) is 0 Å². The van der Waals surface area contributed by atoms with Gasteiger partial charge < -0.3 is 19.7 Å². The fourth-order valence-electron chi connectivity index (χ4n) is 2.87. The number of anilines is 2. The largest absolute Gasteiger partial charge is 0.492 e.